The van der Waals surface area contributed by atoms with Crippen LogP contribution < -0.4 is 4.72 Å². The number of halogens is 1. The lowest BCUT2D eigenvalue weighted by molar-refractivity contribution is 0.606. The molecule has 0 unspecified atom stereocenters. The second-order valence-corrected chi connectivity index (χ2v) is 6.66. The quantitative estimate of drug-likeness (QED) is 0.863. The summed E-state index contributed by atoms with van der Waals surface area (Å²) < 4.78 is 27.2. The van der Waals surface area contributed by atoms with Crippen molar-refractivity contribution in [3.63, 3.8) is 0 Å². The second-order valence-electron chi connectivity index (χ2n) is 3.64. The first-order chi connectivity index (χ1) is 8.53. The molecule has 0 bridgehead atoms. The number of para-hydroxylation sites is 1. The van der Waals surface area contributed by atoms with Gasteiger partial charge in [0.15, 0.2) is 5.82 Å². The van der Waals surface area contributed by atoms with Crippen molar-refractivity contribution in [2.45, 2.75) is 0 Å². The third kappa shape index (κ3) is 2.70. The van der Waals surface area contributed by atoms with Crippen LogP contribution in [0.1, 0.15) is 0 Å². The molecule has 1 heterocycles. The van der Waals surface area contributed by atoms with Crippen LogP contribution in [0.2, 0.25) is 0 Å². The summed E-state index contributed by atoms with van der Waals surface area (Å²) in [6, 6.07) is 7.04. The molecular weight excluding hydrogens is 320 g/mol. The molecule has 1 aromatic heterocycles. The van der Waals surface area contributed by atoms with E-state index in [1.807, 2.05) is 6.07 Å². The summed E-state index contributed by atoms with van der Waals surface area (Å²) in [6.45, 7) is 0. The number of aryl methyl sites for hydroxylation is 1. The largest absolute Gasteiger partial charge is 0.317 e. The van der Waals surface area contributed by atoms with E-state index in [0.29, 0.717) is 17.1 Å². The number of benzene rings is 1. The van der Waals surface area contributed by atoms with E-state index in [9.17, 15) is 8.42 Å². The summed E-state index contributed by atoms with van der Waals surface area (Å²) in [5.41, 5.74) is 1.16. The van der Waals surface area contributed by atoms with Crippen LogP contribution in [0.3, 0.4) is 0 Å². The van der Waals surface area contributed by atoms with Crippen LogP contribution in [0.15, 0.2) is 30.6 Å². The van der Waals surface area contributed by atoms with E-state index < -0.39 is 10.0 Å². The molecule has 0 spiro atoms. The molecule has 2 aromatic rings. The molecule has 2 rings (SSSR count). The molecule has 0 aliphatic carbocycles. The number of rotatable bonds is 4. The van der Waals surface area contributed by atoms with E-state index in [1.165, 1.54) is 0 Å². The number of alkyl halides is 1. The van der Waals surface area contributed by atoms with Gasteiger partial charge < -0.3 is 4.57 Å². The molecule has 0 saturated carbocycles. The monoisotopic (exact) mass is 330 g/mol. The van der Waals surface area contributed by atoms with E-state index in [1.54, 1.807) is 36.1 Å². The van der Waals surface area contributed by atoms with Gasteiger partial charge >= 0.3 is 0 Å². The number of sulfonamides is 1. The maximum atomic E-state index is 11.6. The Morgan fingerprint density at radius 2 is 2.11 bits per heavy atom. The predicted molar refractivity (Wildman–Crippen MR) is 72.8 cm³/mol. The third-order valence-electron chi connectivity index (χ3n) is 2.29. The first-order valence-electron chi connectivity index (χ1n) is 5.03. The van der Waals surface area contributed by atoms with Gasteiger partial charge in [0, 0.05) is 12.6 Å². The molecule has 0 radical (unpaired) electrons. The highest BCUT2D eigenvalue weighted by Crippen LogP contribution is 2.26. The van der Waals surface area contributed by atoms with Gasteiger partial charge in [-0.1, -0.05) is 28.1 Å². The first kappa shape index (κ1) is 13.0. The Bertz CT molecular complexity index is 653. The van der Waals surface area contributed by atoms with E-state index in [0.717, 1.165) is 0 Å². The van der Waals surface area contributed by atoms with Crippen LogP contribution >= 0.6 is 15.9 Å². The smallest absolute Gasteiger partial charge is 0.242 e. The van der Waals surface area contributed by atoms with Crippen molar-refractivity contribution in [1.29, 1.82) is 0 Å². The molecule has 0 amide bonds. The molecule has 0 saturated heterocycles. The Morgan fingerprint density at radius 1 is 1.39 bits per heavy atom. The van der Waals surface area contributed by atoms with Crippen LogP contribution in [0.5, 0.6) is 0 Å². The lowest BCUT2D eigenvalue weighted by Crippen LogP contribution is -2.14. The van der Waals surface area contributed by atoms with Crippen molar-refractivity contribution in [2.75, 3.05) is 9.38 Å². The van der Waals surface area contributed by atoms with Gasteiger partial charge in [0.05, 0.1) is 5.69 Å². The standard InChI is InChI=1S/C10H11BrN4O2S/c1-15-7-12-13-10(15)8-4-2-3-5-9(8)14-18(16,17)6-11/h2-5,7,14H,6H2,1H3. The van der Waals surface area contributed by atoms with Crippen molar-refractivity contribution >= 4 is 31.6 Å². The SMILES string of the molecule is Cn1cnnc1-c1ccccc1NS(=O)(=O)CBr. The lowest BCUT2D eigenvalue weighted by atomic mass is 10.2. The Labute approximate surface area is 113 Å². The van der Waals surface area contributed by atoms with Gasteiger partial charge in [-0.05, 0) is 12.1 Å². The summed E-state index contributed by atoms with van der Waals surface area (Å²) in [6.07, 6.45) is 1.56. The highest BCUT2D eigenvalue weighted by Gasteiger charge is 2.14. The zero-order valence-corrected chi connectivity index (χ0v) is 11.9. The van der Waals surface area contributed by atoms with E-state index in [4.69, 9.17) is 0 Å². The van der Waals surface area contributed by atoms with Gasteiger partial charge in [-0.2, -0.15) is 0 Å². The highest BCUT2D eigenvalue weighted by molar-refractivity contribution is 9.10. The Morgan fingerprint density at radius 3 is 2.72 bits per heavy atom. The molecule has 0 fully saturated rings. The van der Waals surface area contributed by atoms with Crippen molar-refractivity contribution in [1.82, 2.24) is 14.8 Å². The fraction of sp³-hybridized carbons (Fsp3) is 0.200. The summed E-state index contributed by atoms with van der Waals surface area (Å²) >= 11 is 2.93. The van der Waals surface area contributed by atoms with Gasteiger partial charge in [-0.3, -0.25) is 4.72 Å². The third-order valence-corrected chi connectivity index (χ3v) is 4.91. The van der Waals surface area contributed by atoms with Crippen molar-refractivity contribution < 1.29 is 8.42 Å². The van der Waals surface area contributed by atoms with Crippen LogP contribution in [0.4, 0.5) is 5.69 Å². The normalized spacial score (nSPS) is 11.4. The minimum absolute atomic E-state index is 0.160. The molecule has 8 heteroatoms. The topological polar surface area (TPSA) is 76.9 Å². The maximum absolute atomic E-state index is 11.6. The number of anilines is 1. The number of nitrogens with one attached hydrogen (secondary N) is 1. The predicted octanol–water partition coefficient (Wildman–Crippen LogP) is 1.58. The summed E-state index contributed by atoms with van der Waals surface area (Å²) in [4.78, 5) is 0. The minimum Gasteiger partial charge on any atom is -0.317 e. The average molecular weight is 331 g/mol. The van der Waals surface area contributed by atoms with Gasteiger partial charge in [-0.15, -0.1) is 10.2 Å². The zero-order chi connectivity index (χ0) is 13.2. The summed E-state index contributed by atoms with van der Waals surface area (Å²) in [7, 11) is -1.59. The number of aromatic nitrogens is 3. The highest BCUT2D eigenvalue weighted by atomic mass is 79.9. The summed E-state index contributed by atoms with van der Waals surface area (Å²) in [5, 5.41) is 7.75. The Hall–Kier alpha value is -1.41. The van der Waals surface area contributed by atoms with Gasteiger partial charge in [-0.25, -0.2) is 8.42 Å². The van der Waals surface area contributed by atoms with Crippen molar-refractivity contribution in [3.8, 4) is 11.4 Å². The molecule has 0 aliphatic heterocycles. The molecule has 0 aliphatic rings. The number of hydrogen-bond donors (Lipinski definition) is 1. The molecule has 6 nitrogen and oxygen atoms in total. The second kappa shape index (κ2) is 5.07. The maximum Gasteiger partial charge on any atom is 0.242 e. The Kier molecular flexibility index (Phi) is 3.67. The summed E-state index contributed by atoms with van der Waals surface area (Å²) in [5.74, 6) is 0.600. The van der Waals surface area contributed by atoms with Crippen molar-refractivity contribution in [3.05, 3.63) is 30.6 Å². The van der Waals surface area contributed by atoms with Gasteiger partial charge in [0.1, 0.15) is 11.0 Å². The van der Waals surface area contributed by atoms with Crippen LogP contribution in [-0.2, 0) is 17.1 Å². The van der Waals surface area contributed by atoms with Crippen LogP contribution in [0, 0.1) is 0 Å². The average Bonchev–Trinajstić information content (AvgIpc) is 2.76. The zero-order valence-electron chi connectivity index (χ0n) is 9.54. The molecule has 18 heavy (non-hydrogen) atoms. The fourth-order valence-corrected chi connectivity index (χ4v) is 2.40. The molecule has 1 N–H and O–H groups in total. The van der Waals surface area contributed by atoms with Crippen LogP contribution in [0.25, 0.3) is 11.4 Å². The Balaban J connectivity index is 2.48. The van der Waals surface area contributed by atoms with Crippen LogP contribution in [-0.4, -0.2) is 27.8 Å². The van der Waals surface area contributed by atoms with E-state index >= 15 is 0 Å². The molecule has 96 valence electrons. The fourth-order valence-electron chi connectivity index (χ4n) is 1.49. The number of nitrogens with zero attached hydrogens (tertiary/aromatic N) is 3. The van der Waals surface area contributed by atoms with E-state index in [-0.39, 0.29) is 4.66 Å². The lowest BCUT2D eigenvalue weighted by Gasteiger charge is -2.10. The van der Waals surface area contributed by atoms with E-state index in [2.05, 4.69) is 30.8 Å². The van der Waals surface area contributed by atoms with Gasteiger partial charge in [0.2, 0.25) is 10.0 Å². The van der Waals surface area contributed by atoms with Gasteiger partial charge in [0.25, 0.3) is 0 Å². The number of hydrogen-bond acceptors (Lipinski definition) is 4. The van der Waals surface area contributed by atoms with Crippen molar-refractivity contribution in [2.24, 2.45) is 7.05 Å². The molecule has 0 atom stereocenters. The minimum atomic E-state index is -3.39. The molecular formula is C10H11BrN4O2S. The molecule has 1 aromatic carbocycles. The first-order valence-corrected chi connectivity index (χ1v) is 7.81.